The standard InChI is InChI=1S/C21H22N4O5S3/c26-19-15(10-16-20(27)25(21(31)32-16)13-6-9-33(28,29)12-13)18(22-11-14-4-3-8-30-14)23-17-5-1-2-7-24(17)19/h1-2,5,7,10,13-14,22H,3-4,6,8-9,11-12H2/b16-10-/t13-,14+/m1/s1. The fourth-order valence-corrected chi connectivity index (χ4v) is 7.37. The number of sulfone groups is 1. The normalized spacial score (nSPS) is 26.1. The van der Waals surface area contributed by atoms with E-state index in [9.17, 15) is 18.0 Å². The number of nitrogens with zero attached hydrogens (tertiary/aromatic N) is 3. The second-order valence-corrected chi connectivity index (χ2v) is 12.1. The van der Waals surface area contributed by atoms with Gasteiger partial charge in [0, 0.05) is 19.3 Å². The number of carbonyl (C=O) groups is 1. The molecule has 0 aliphatic carbocycles. The summed E-state index contributed by atoms with van der Waals surface area (Å²) >= 11 is 6.47. The van der Waals surface area contributed by atoms with Crippen LogP contribution in [0.1, 0.15) is 24.8 Å². The molecule has 9 nitrogen and oxygen atoms in total. The van der Waals surface area contributed by atoms with Gasteiger partial charge in [-0.15, -0.1) is 0 Å². The number of hydrogen-bond acceptors (Lipinski definition) is 9. The first-order chi connectivity index (χ1) is 15.8. The van der Waals surface area contributed by atoms with E-state index in [-0.39, 0.29) is 39.5 Å². The molecule has 1 N–H and O–H groups in total. The molecular weight excluding hydrogens is 484 g/mol. The van der Waals surface area contributed by atoms with Crippen molar-refractivity contribution < 1.29 is 17.9 Å². The van der Waals surface area contributed by atoms with Gasteiger partial charge in [0.1, 0.15) is 15.8 Å². The predicted octanol–water partition coefficient (Wildman–Crippen LogP) is 1.67. The molecule has 0 aromatic carbocycles. The van der Waals surface area contributed by atoms with Crippen molar-refractivity contribution in [3.05, 3.63) is 45.2 Å². The van der Waals surface area contributed by atoms with E-state index in [1.54, 1.807) is 24.4 Å². The number of anilines is 1. The molecule has 2 aromatic heterocycles. The first-order valence-electron chi connectivity index (χ1n) is 10.7. The molecule has 0 radical (unpaired) electrons. The van der Waals surface area contributed by atoms with Crippen LogP contribution in [0.4, 0.5) is 5.82 Å². The maximum absolute atomic E-state index is 13.3. The van der Waals surface area contributed by atoms with Gasteiger partial charge >= 0.3 is 0 Å². The van der Waals surface area contributed by atoms with E-state index in [4.69, 9.17) is 17.0 Å². The lowest BCUT2D eigenvalue weighted by molar-refractivity contribution is -0.123. The van der Waals surface area contributed by atoms with Crippen LogP contribution in [-0.4, -0.2) is 69.7 Å². The van der Waals surface area contributed by atoms with Gasteiger partial charge in [-0.05, 0) is 37.5 Å². The van der Waals surface area contributed by atoms with Gasteiger partial charge in [-0.2, -0.15) is 0 Å². The lowest BCUT2D eigenvalue weighted by Gasteiger charge is -2.20. The zero-order valence-electron chi connectivity index (χ0n) is 17.6. The Morgan fingerprint density at radius 3 is 2.88 bits per heavy atom. The van der Waals surface area contributed by atoms with Crippen LogP contribution >= 0.6 is 24.0 Å². The number of amides is 1. The molecule has 174 valence electrons. The zero-order valence-corrected chi connectivity index (χ0v) is 20.0. The molecule has 0 spiro atoms. The Morgan fingerprint density at radius 2 is 2.15 bits per heavy atom. The molecule has 2 aromatic rings. The van der Waals surface area contributed by atoms with E-state index in [2.05, 4.69) is 10.3 Å². The third kappa shape index (κ3) is 4.44. The number of nitrogens with one attached hydrogen (secondary N) is 1. The Morgan fingerprint density at radius 1 is 1.30 bits per heavy atom. The summed E-state index contributed by atoms with van der Waals surface area (Å²) in [7, 11) is -3.18. The van der Waals surface area contributed by atoms with Crippen molar-refractivity contribution in [3.8, 4) is 0 Å². The summed E-state index contributed by atoms with van der Waals surface area (Å²) < 4.78 is 31.2. The van der Waals surface area contributed by atoms with Crippen LogP contribution in [0.25, 0.3) is 11.7 Å². The highest BCUT2D eigenvalue weighted by molar-refractivity contribution is 8.26. The minimum Gasteiger partial charge on any atom is -0.376 e. The molecule has 3 fully saturated rings. The van der Waals surface area contributed by atoms with Gasteiger partial charge in [-0.3, -0.25) is 18.9 Å². The van der Waals surface area contributed by atoms with Gasteiger partial charge in [0.2, 0.25) is 0 Å². The molecule has 3 saturated heterocycles. The van der Waals surface area contributed by atoms with E-state index >= 15 is 0 Å². The molecule has 5 rings (SSSR count). The van der Waals surface area contributed by atoms with Crippen molar-refractivity contribution >= 4 is 61.6 Å². The largest absolute Gasteiger partial charge is 0.376 e. The average molecular weight is 507 g/mol. The maximum Gasteiger partial charge on any atom is 0.267 e. The van der Waals surface area contributed by atoms with Crippen LogP contribution in [0.15, 0.2) is 34.1 Å². The highest BCUT2D eigenvalue weighted by Crippen LogP contribution is 2.36. The van der Waals surface area contributed by atoms with Crippen LogP contribution in [0, 0.1) is 0 Å². The number of carbonyl (C=O) groups excluding carboxylic acids is 1. The lowest BCUT2D eigenvalue weighted by Crippen LogP contribution is -2.39. The molecule has 5 heterocycles. The number of thioether (sulfide) groups is 1. The Bertz CT molecular complexity index is 1330. The zero-order chi connectivity index (χ0) is 23.2. The minimum atomic E-state index is -3.18. The monoisotopic (exact) mass is 506 g/mol. The molecule has 0 bridgehead atoms. The van der Waals surface area contributed by atoms with Crippen LogP contribution in [0.3, 0.4) is 0 Å². The number of pyridine rings is 1. The summed E-state index contributed by atoms with van der Waals surface area (Å²) in [6, 6.07) is 4.80. The lowest BCUT2D eigenvalue weighted by atomic mass is 10.2. The predicted molar refractivity (Wildman–Crippen MR) is 131 cm³/mol. The highest BCUT2D eigenvalue weighted by Gasteiger charge is 2.42. The van der Waals surface area contributed by atoms with Crippen LogP contribution in [0.5, 0.6) is 0 Å². The van der Waals surface area contributed by atoms with E-state index in [1.807, 2.05) is 0 Å². The maximum atomic E-state index is 13.3. The smallest absolute Gasteiger partial charge is 0.267 e. The molecule has 33 heavy (non-hydrogen) atoms. The topological polar surface area (TPSA) is 110 Å². The SMILES string of the molecule is O=C1/C(=C/c2c(NC[C@@H]3CCCO3)nc3ccccn3c2=O)SC(=S)N1[C@@H]1CCS(=O)(=O)C1. The van der Waals surface area contributed by atoms with Gasteiger partial charge < -0.3 is 10.1 Å². The summed E-state index contributed by atoms with van der Waals surface area (Å²) in [5.74, 6) is -0.0626. The van der Waals surface area contributed by atoms with Crippen molar-refractivity contribution in [3.63, 3.8) is 0 Å². The quantitative estimate of drug-likeness (QED) is 0.478. The molecule has 2 atom stereocenters. The van der Waals surface area contributed by atoms with Crippen molar-refractivity contribution in [2.24, 2.45) is 0 Å². The van der Waals surface area contributed by atoms with Gasteiger partial charge in [0.05, 0.1) is 34.1 Å². The van der Waals surface area contributed by atoms with Gasteiger partial charge in [0.25, 0.3) is 11.5 Å². The minimum absolute atomic E-state index is 0.0383. The second kappa shape index (κ2) is 8.82. The van der Waals surface area contributed by atoms with Crippen LogP contribution in [-0.2, 0) is 19.4 Å². The third-order valence-corrected chi connectivity index (χ3v) is 9.04. The van der Waals surface area contributed by atoms with Gasteiger partial charge in [-0.1, -0.05) is 30.0 Å². The molecule has 12 heteroatoms. The summed E-state index contributed by atoms with van der Waals surface area (Å²) in [5.41, 5.74) is 0.415. The summed E-state index contributed by atoms with van der Waals surface area (Å²) in [6.07, 6.45) is 5.45. The Kier molecular flexibility index (Phi) is 6.02. The molecule has 3 aliphatic rings. The second-order valence-electron chi connectivity index (χ2n) is 8.23. The van der Waals surface area contributed by atoms with Crippen LogP contribution < -0.4 is 10.9 Å². The van der Waals surface area contributed by atoms with Gasteiger partial charge in [-0.25, -0.2) is 13.4 Å². The van der Waals surface area contributed by atoms with Crippen molar-refractivity contribution in [2.45, 2.75) is 31.4 Å². The fraction of sp³-hybridized carbons (Fsp3) is 0.429. The fourth-order valence-electron chi connectivity index (χ4n) is 4.29. The third-order valence-electron chi connectivity index (χ3n) is 5.96. The number of ether oxygens (including phenoxy) is 1. The summed E-state index contributed by atoms with van der Waals surface area (Å²) in [4.78, 5) is 32.7. The Hall–Kier alpha value is -2.28. The van der Waals surface area contributed by atoms with E-state index < -0.39 is 15.9 Å². The van der Waals surface area contributed by atoms with Gasteiger partial charge in [0.15, 0.2) is 9.84 Å². The number of hydrogen-bond donors (Lipinski definition) is 1. The molecular formula is C21H22N4O5S3. The number of rotatable bonds is 5. The van der Waals surface area contributed by atoms with Crippen molar-refractivity contribution in [1.82, 2.24) is 14.3 Å². The highest BCUT2D eigenvalue weighted by atomic mass is 32.2. The van der Waals surface area contributed by atoms with E-state index in [0.29, 0.717) is 35.4 Å². The first kappa shape index (κ1) is 22.5. The van der Waals surface area contributed by atoms with E-state index in [1.165, 1.54) is 15.4 Å². The Balaban J connectivity index is 1.51. The summed E-state index contributed by atoms with van der Waals surface area (Å²) in [6.45, 7) is 1.21. The van der Waals surface area contributed by atoms with Crippen LogP contribution in [0.2, 0.25) is 0 Å². The first-order valence-corrected chi connectivity index (χ1v) is 13.7. The number of fused-ring (bicyclic) bond motifs is 1. The van der Waals surface area contributed by atoms with Crippen molar-refractivity contribution in [1.29, 1.82) is 0 Å². The summed E-state index contributed by atoms with van der Waals surface area (Å²) in [5, 5.41) is 3.22. The average Bonchev–Trinajstić information content (AvgIpc) is 3.49. The van der Waals surface area contributed by atoms with Crippen molar-refractivity contribution in [2.75, 3.05) is 30.0 Å². The number of aromatic nitrogens is 2. The number of thiocarbonyl (C=S) groups is 1. The molecule has 0 unspecified atom stereocenters. The molecule has 1 amide bonds. The molecule has 0 saturated carbocycles. The van der Waals surface area contributed by atoms with E-state index in [0.717, 1.165) is 24.6 Å². The molecule has 3 aliphatic heterocycles. The Labute approximate surface area is 200 Å².